The fourth-order valence-electron chi connectivity index (χ4n) is 1.89. The van der Waals surface area contributed by atoms with Gasteiger partial charge in [0.05, 0.1) is 31.2 Å². The highest BCUT2D eigenvalue weighted by Crippen LogP contribution is 2.34. The molecule has 2 N–H and O–H groups in total. The first-order valence-electron chi connectivity index (χ1n) is 5.97. The van der Waals surface area contributed by atoms with Crippen molar-refractivity contribution in [3.8, 4) is 11.5 Å². The number of hydrogen-bond acceptors (Lipinski definition) is 4. The number of ether oxygens (including phenoxy) is 2. The molecule has 2 aromatic rings. The average Bonchev–Trinajstić information content (AvgIpc) is 2.47. The van der Waals surface area contributed by atoms with Crippen LogP contribution in [0.2, 0.25) is 0 Å². The molecule has 0 unspecified atom stereocenters. The molecule has 0 aliphatic rings. The summed E-state index contributed by atoms with van der Waals surface area (Å²) in [5, 5.41) is 12.3. The van der Waals surface area contributed by atoms with Gasteiger partial charge in [-0.15, -0.1) is 0 Å². The molecule has 0 radical (unpaired) electrons. The number of benzene rings is 2. The summed E-state index contributed by atoms with van der Waals surface area (Å²) in [5.41, 5.74) is 1.20. The van der Waals surface area contributed by atoms with Gasteiger partial charge >= 0.3 is 5.97 Å². The number of nitrogens with one attached hydrogen (secondary N) is 1. The van der Waals surface area contributed by atoms with E-state index < -0.39 is 5.97 Å². The highest BCUT2D eigenvalue weighted by atomic mass is 16.5. The Morgan fingerprint density at radius 3 is 2.30 bits per heavy atom. The minimum absolute atomic E-state index is 0.134. The fraction of sp³-hybridized carbons (Fsp3) is 0.133. The number of anilines is 2. The number of carboxylic acid groups (broad SMARTS) is 1. The summed E-state index contributed by atoms with van der Waals surface area (Å²) in [6.45, 7) is 0. The van der Waals surface area contributed by atoms with E-state index in [0.29, 0.717) is 22.9 Å². The Morgan fingerprint density at radius 2 is 1.65 bits per heavy atom. The van der Waals surface area contributed by atoms with E-state index in [2.05, 4.69) is 5.32 Å². The number of para-hydroxylation sites is 3. The topological polar surface area (TPSA) is 67.8 Å². The number of carbonyl (C=O) groups is 1. The van der Waals surface area contributed by atoms with Crippen molar-refractivity contribution in [3.05, 3.63) is 48.0 Å². The van der Waals surface area contributed by atoms with Crippen molar-refractivity contribution >= 4 is 17.3 Å². The molecule has 0 atom stereocenters. The molecule has 104 valence electrons. The number of hydrogen-bond donors (Lipinski definition) is 2. The van der Waals surface area contributed by atoms with Crippen molar-refractivity contribution < 1.29 is 19.4 Å². The second kappa shape index (κ2) is 5.97. The SMILES string of the molecule is COc1ccccc1Nc1c(OC)cccc1C(=O)O. The van der Waals surface area contributed by atoms with Gasteiger partial charge in [0.1, 0.15) is 11.5 Å². The van der Waals surface area contributed by atoms with E-state index >= 15 is 0 Å². The fourth-order valence-corrected chi connectivity index (χ4v) is 1.89. The molecule has 2 rings (SSSR count). The molecule has 0 amide bonds. The van der Waals surface area contributed by atoms with Crippen LogP contribution in [0.25, 0.3) is 0 Å². The van der Waals surface area contributed by atoms with Gasteiger partial charge < -0.3 is 19.9 Å². The van der Waals surface area contributed by atoms with Crippen molar-refractivity contribution in [1.29, 1.82) is 0 Å². The van der Waals surface area contributed by atoms with Gasteiger partial charge in [-0.25, -0.2) is 4.79 Å². The minimum Gasteiger partial charge on any atom is -0.495 e. The van der Waals surface area contributed by atoms with Crippen molar-refractivity contribution in [2.75, 3.05) is 19.5 Å². The lowest BCUT2D eigenvalue weighted by Gasteiger charge is -2.15. The van der Waals surface area contributed by atoms with Gasteiger partial charge in [0, 0.05) is 0 Å². The standard InChI is InChI=1S/C15H15NO4/c1-19-12-8-4-3-7-11(12)16-14-10(15(17)18)6-5-9-13(14)20-2/h3-9,16H,1-2H3,(H,17,18). The Bertz CT molecular complexity index is 625. The van der Waals surface area contributed by atoms with Gasteiger partial charge in [-0.05, 0) is 24.3 Å². The van der Waals surface area contributed by atoms with E-state index in [9.17, 15) is 9.90 Å². The molecule has 0 aliphatic heterocycles. The average molecular weight is 273 g/mol. The molecule has 0 spiro atoms. The lowest BCUT2D eigenvalue weighted by molar-refractivity contribution is 0.0697. The molecule has 0 heterocycles. The van der Waals surface area contributed by atoms with E-state index in [1.54, 1.807) is 31.4 Å². The summed E-state index contributed by atoms with van der Waals surface area (Å²) in [5.74, 6) is 0.0480. The maximum absolute atomic E-state index is 11.3. The van der Waals surface area contributed by atoms with Crippen LogP contribution >= 0.6 is 0 Å². The summed E-state index contributed by atoms with van der Waals surface area (Å²) >= 11 is 0. The highest BCUT2D eigenvalue weighted by molar-refractivity contribution is 5.97. The van der Waals surface area contributed by atoms with E-state index in [-0.39, 0.29) is 5.56 Å². The summed E-state index contributed by atoms with van der Waals surface area (Å²) in [7, 11) is 3.05. The number of carboxylic acids is 1. The first-order chi connectivity index (χ1) is 9.67. The quantitative estimate of drug-likeness (QED) is 0.876. The zero-order chi connectivity index (χ0) is 14.5. The van der Waals surface area contributed by atoms with E-state index in [1.807, 2.05) is 12.1 Å². The largest absolute Gasteiger partial charge is 0.495 e. The van der Waals surface area contributed by atoms with Crippen molar-refractivity contribution in [2.45, 2.75) is 0 Å². The van der Waals surface area contributed by atoms with Crippen LogP contribution in [0.4, 0.5) is 11.4 Å². The normalized spacial score (nSPS) is 9.90. The van der Waals surface area contributed by atoms with Gasteiger partial charge in [0.25, 0.3) is 0 Å². The smallest absolute Gasteiger partial charge is 0.337 e. The van der Waals surface area contributed by atoms with Gasteiger partial charge in [0.2, 0.25) is 0 Å². The maximum atomic E-state index is 11.3. The van der Waals surface area contributed by atoms with E-state index in [0.717, 1.165) is 0 Å². The lowest BCUT2D eigenvalue weighted by atomic mass is 10.1. The van der Waals surface area contributed by atoms with Crippen molar-refractivity contribution in [2.24, 2.45) is 0 Å². The molecule has 0 aromatic heterocycles. The predicted octanol–water partition coefficient (Wildman–Crippen LogP) is 3.15. The zero-order valence-corrected chi connectivity index (χ0v) is 11.2. The van der Waals surface area contributed by atoms with Gasteiger partial charge in [0.15, 0.2) is 0 Å². The molecule has 0 saturated heterocycles. The van der Waals surface area contributed by atoms with Crippen LogP contribution in [0.15, 0.2) is 42.5 Å². The summed E-state index contributed by atoms with van der Waals surface area (Å²) in [6, 6.07) is 12.1. The zero-order valence-electron chi connectivity index (χ0n) is 11.2. The van der Waals surface area contributed by atoms with Crippen molar-refractivity contribution in [1.82, 2.24) is 0 Å². The first-order valence-corrected chi connectivity index (χ1v) is 5.97. The number of methoxy groups -OCH3 is 2. The molecular weight excluding hydrogens is 258 g/mol. The molecule has 0 bridgehead atoms. The maximum Gasteiger partial charge on any atom is 0.337 e. The van der Waals surface area contributed by atoms with Gasteiger partial charge in [-0.2, -0.15) is 0 Å². The Labute approximate surface area is 116 Å². The molecule has 0 fully saturated rings. The van der Waals surface area contributed by atoms with Gasteiger partial charge in [-0.3, -0.25) is 0 Å². The van der Waals surface area contributed by atoms with E-state index in [4.69, 9.17) is 9.47 Å². The molecule has 2 aromatic carbocycles. The van der Waals surface area contributed by atoms with Crippen LogP contribution in [0.1, 0.15) is 10.4 Å². The third-order valence-electron chi connectivity index (χ3n) is 2.84. The van der Waals surface area contributed by atoms with Crippen LogP contribution in [-0.4, -0.2) is 25.3 Å². The molecule has 0 saturated carbocycles. The Kier molecular flexibility index (Phi) is 4.10. The van der Waals surface area contributed by atoms with Crippen LogP contribution in [0.3, 0.4) is 0 Å². The molecular formula is C15H15NO4. The minimum atomic E-state index is -1.03. The Hall–Kier alpha value is -2.69. The Balaban J connectivity index is 2.49. The summed E-state index contributed by atoms with van der Waals surface area (Å²) in [4.78, 5) is 11.3. The second-order valence-electron chi connectivity index (χ2n) is 4.01. The Morgan fingerprint density at radius 1 is 1.00 bits per heavy atom. The number of rotatable bonds is 5. The highest BCUT2D eigenvalue weighted by Gasteiger charge is 2.16. The predicted molar refractivity (Wildman–Crippen MR) is 76.2 cm³/mol. The van der Waals surface area contributed by atoms with Crippen LogP contribution in [0, 0.1) is 0 Å². The molecule has 20 heavy (non-hydrogen) atoms. The van der Waals surface area contributed by atoms with Crippen LogP contribution in [0.5, 0.6) is 11.5 Å². The first kappa shape index (κ1) is 13.7. The molecule has 0 aliphatic carbocycles. The van der Waals surface area contributed by atoms with Crippen LogP contribution in [-0.2, 0) is 0 Å². The third-order valence-corrected chi connectivity index (χ3v) is 2.84. The number of aromatic carboxylic acids is 1. The third kappa shape index (κ3) is 2.66. The van der Waals surface area contributed by atoms with E-state index in [1.165, 1.54) is 13.2 Å². The van der Waals surface area contributed by atoms with Crippen LogP contribution < -0.4 is 14.8 Å². The molecule has 5 nitrogen and oxygen atoms in total. The monoisotopic (exact) mass is 273 g/mol. The van der Waals surface area contributed by atoms with Crippen molar-refractivity contribution in [3.63, 3.8) is 0 Å². The lowest BCUT2D eigenvalue weighted by Crippen LogP contribution is -2.05. The second-order valence-corrected chi connectivity index (χ2v) is 4.01. The molecule has 5 heteroatoms. The van der Waals surface area contributed by atoms with Gasteiger partial charge in [-0.1, -0.05) is 18.2 Å². The summed E-state index contributed by atoms with van der Waals surface area (Å²) < 4.78 is 10.5. The summed E-state index contributed by atoms with van der Waals surface area (Å²) in [6.07, 6.45) is 0.